The quantitative estimate of drug-likeness (QED) is 0.656. The van der Waals surface area contributed by atoms with Gasteiger partial charge in [0.25, 0.3) is 0 Å². The number of hydrogen-bond donors (Lipinski definition) is 2. The molecule has 0 saturated carbocycles. The Balaban J connectivity index is 2.10. The molecule has 2 rings (SSSR count). The fraction of sp³-hybridized carbons (Fsp3) is 0.200. The molecule has 0 aliphatic rings. The highest BCUT2D eigenvalue weighted by Crippen LogP contribution is 2.18. The van der Waals surface area contributed by atoms with Crippen LogP contribution < -0.4 is 11.3 Å². The van der Waals surface area contributed by atoms with Crippen molar-refractivity contribution in [3.05, 3.63) is 70.0 Å². The fourth-order valence-corrected chi connectivity index (χ4v) is 2.25. The number of benzene rings is 2. The maximum Gasteiger partial charge on any atom is 0.159 e. The van der Waals surface area contributed by atoms with Gasteiger partial charge in [-0.15, -0.1) is 0 Å². The molecule has 0 radical (unpaired) electrons. The Kier molecular flexibility index (Phi) is 5.22. The van der Waals surface area contributed by atoms with Crippen molar-refractivity contribution in [1.82, 2.24) is 5.43 Å². The van der Waals surface area contributed by atoms with Crippen LogP contribution in [0.3, 0.4) is 0 Å². The summed E-state index contributed by atoms with van der Waals surface area (Å²) in [5.41, 5.74) is 3.58. The van der Waals surface area contributed by atoms with Crippen LogP contribution in [0.5, 0.6) is 0 Å². The monoisotopic (exact) mass is 314 g/mol. The summed E-state index contributed by atoms with van der Waals surface area (Å²) < 4.78 is 39.8. The summed E-state index contributed by atoms with van der Waals surface area (Å²) in [5.74, 6) is 3.21. The number of halogens is 4. The number of hydrazine groups is 1. The Bertz CT molecular complexity index is 634. The molecule has 21 heavy (non-hydrogen) atoms. The molecule has 112 valence electrons. The predicted octanol–water partition coefficient (Wildman–Crippen LogP) is 3.37. The van der Waals surface area contributed by atoms with E-state index < -0.39 is 17.5 Å². The first-order chi connectivity index (χ1) is 9.99. The van der Waals surface area contributed by atoms with Gasteiger partial charge in [-0.1, -0.05) is 23.7 Å². The van der Waals surface area contributed by atoms with E-state index in [1.807, 2.05) is 0 Å². The summed E-state index contributed by atoms with van der Waals surface area (Å²) in [4.78, 5) is 0. The fourth-order valence-electron chi connectivity index (χ4n) is 2.09. The predicted molar refractivity (Wildman–Crippen MR) is 76.3 cm³/mol. The van der Waals surface area contributed by atoms with Crippen molar-refractivity contribution in [2.24, 2.45) is 5.84 Å². The van der Waals surface area contributed by atoms with E-state index in [-0.39, 0.29) is 6.04 Å². The number of nitrogens with two attached hydrogens (primary N) is 1. The summed E-state index contributed by atoms with van der Waals surface area (Å²) in [6.07, 6.45) is 0.647. The molecule has 2 aromatic carbocycles. The van der Waals surface area contributed by atoms with Crippen molar-refractivity contribution < 1.29 is 13.2 Å². The Labute approximate surface area is 125 Å². The van der Waals surface area contributed by atoms with Gasteiger partial charge < -0.3 is 0 Å². The van der Waals surface area contributed by atoms with Gasteiger partial charge in [-0.05, 0) is 48.2 Å². The van der Waals surface area contributed by atoms with Crippen LogP contribution in [0, 0.1) is 17.5 Å². The van der Waals surface area contributed by atoms with Crippen LogP contribution in [0.2, 0.25) is 5.02 Å². The molecule has 0 fully saturated rings. The molecule has 2 nitrogen and oxygen atoms in total. The summed E-state index contributed by atoms with van der Waals surface area (Å²) in [7, 11) is 0. The lowest BCUT2D eigenvalue weighted by molar-refractivity contribution is 0.493. The van der Waals surface area contributed by atoms with Crippen molar-refractivity contribution in [1.29, 1.82) is 0 Å². The normalized spacial score (nSPS) is 12.4. The maximum absolute atomic E-state index is 13.7. The van der Waals surface area contributed by atoms with Crippen LogP contribution in [0.1, 0.15) is 11.1 Å². The lowest BCUT2D eigenvalue weighted by atomic mass is 9.99. The van der Waals surface area contributed by atoms with E-state index in [0.717, 1.165) is 12.1 Å². The highest BCUT2D eigenvalue weighted by Gasteiger charge is 2.13. The molecule has 0 heterocycles. The summed E-state index contributed by atoms with van der Waals surface area (Å²) in [6, 6.07) is 7.71. The van der Waals surface area contributed by atoms with Crippen LogP contribution in [0.4, 0.5) is 13.2 Å². The van der Waals surface area contributed by atoms with E-state index in [1.54, 1.807) is 12.1 Å². The number of nitrogens with one attached hydrogen (secondary N) is 1. The molecular formula is C15H14ClF3N2. The van der Waals surface area contributed by atoms with E-state index in [4.69, 9.17) is 17.4 Å². The first kappa shape index (κ1) is 15.8. The smallest absolute Gasteiger partial charge is 0.159 e. The van der Waals surface area contributed by atoms with Gasteiger partial charge in [0.1, 0.15) is 5.82 Å². The van der Waals surface area contributed by atoms with Gasteiger partial charge in [-0.2, -0.15) is 0 Å². The van der Waals surface area contributed by atoms with Crippen LogP contribution >= 0.6 is 11.6 Å². The molecule has 0 saturated heterocycles. The second kappa shape index (κ2) is 6.93. The van der Waals surface area contributed by atoms with E-state index in [2.05, 4.69) is 5.43 Å². The summed E-state index contributed by atoms with van der Waals surface area (Å²) in [6.45, 7) is 0. The molecule has 0 aliphatic heterocycles. The lowest BCUT2D eigenvalue weighted by Crippen LogP contribution is -2.38. The average molecular weight is 315 g/mol. The van der Waals surface area contributed by atoms with Crippen molar-refractivity contribution in [2.45, 2.75) is 18.9 Å². The van der Waals surface area contributed by atoms with Crippen molar-refractivity contribution in [3.8, 4) is 0 Å². The molecule has 2 aromatic rings. The Morgan fingerprint density at radius 2 is 1.71 bits per heavy atom. The minimum atomic E-state index is -0.916. The standard InChI is InChI=1S/C15H14ClF3N2/c16-11-3-2-10(14(18)8-11)7-12(21-20)5-9-1-4-13(17)15(19)6-9/h1-4,6,8,12,21H,5,7,20H2. The molecule has 1 atom stereocenters. The van der Waals surface area contributed by atoms with E-state index in [0.29, 0.717) is 29.0 Å². The molecule has 0 amide bonds. The van der Waals surface area contributed by atoms with Gasteiger partial charge in [0.2, 0.25) is 0 Å². The molecule has 1 unspecified atom stereocenters. The molecule has 0 aliphatic carbocycles. The molecule has 3 N–H and O–H groups in total. The van der Waals surface area contributed by atoms with E-state index >= 15 is 0 Å². The molecular weight excluding hydrogens is 301 g/mol. The van der Waals surface area contributed by atoms with Gasteiger partial charge in [-0.25, -0.2) is 13.2 Å². The highest BCUT2D eigenvalue weighted by molar-refractivity contribution is 6.30. The zero-order valence-corrected chi connectivity index (χ0v) is 11.8. The third-order valence-electron chi connectivity index (χ3n) is 3.18. The van der Waals surface area contributed by atoms with Crippen LogP contribution in [0.15, 0.2) is 36.4 Å². The third kappa shape index (κ3) is 4.20. The lowest BCUT2D eigenvalue weighted by Gasteiger charge is -2.16. The second-order valence-electron chi connectivity index (χ2n) is 4.76. The zero-order valence-electron chi connectivity index (χ0n) is 11.0. The molecule has 6 heteroatoms. The Morgan fingerprint density at radius 3 is 2.33 bits per heavy atom. The third-order valence-corrected chi connectivity index (χ3v) is 3.42. The van der Waals surface area contributed by atoms with E-state index in [1.165, 1.54) is 12.1 Å². The molecule has 0 bridgehead atoms. The van der Waals surface area contributed by atoms with Crippen molar-refractivity contribution in [3.63, 3.8) is 0 Å². The number of rotatable bonds is 5. The second-order valence-corrected chi connectivity index (χ2v) is 5.19. The maximum atomic E-state index is 13.7. The van der Waals surface area contributed by atoms with Crippen LogP contribution in [0.25, 0.3) is 0 Å². The molecule has 0 spiro atoms. The Morgan fingerprint density at radius 1 is 0.952 bits per heavy atom. The summed E-state index contributed by atoms with van der Waals surface area (Å²) in [5, 5.41) is 0.314. The minimum Gasteiger partial charge on any atom is -0.271 e. The number of hydrogen-bond acceptors (Lipinski definition) is 2. The Hall–Kier alpha value is -1.56. The van der Waals surface area contributed by atoms with Crippen LogP contribution in [-0.2, 0) is 12.8 Å². The van der Waals surface area contributed by atoms with Gasteiger partial charge in [0.15, 0.2) is 11.6 Å². The van der Waals surface area contributed by atoms with Crippen molar-refractivity contribution in [2.75, 3.05) is 0 Å². The van der Waals surface area contributed by atoms with Crippen molar-refractivity contribution >= 4 is 11.6 Å². The topological polar surface area (TPSA) is 38.0 Å². The van der Waals surface area contributed by atoms with Crippen LogP contribution in [-0.4, -0.2) is 6.04 Å². The van der Waals surface area contributed by atoms with Gasteiger partial charge in [0, 0.05) is 11.1 Å². The molecule has 0 aromatic heterocycles. The minimum absolute atomic E-state index is 0.304. The van der Waals surface area contributed by atoms with Gasteiger partial charge in [-0.3, -0.25) is 11.3 Å². The van der Waals surface area contributed by atoms with Gasteiger partial charge >= 0.3 is 0 Å². The SMILES string of the molecule is NNC(Cc1ccc(F)c(F)c1)Cc1ccc(Cl)cc1F. The zero-order chi connectivity index (χ0) is 15.4. The summed E-state index contributed by atoms with van der Waals surface area (Å²) >= 11 is 5.69. The largest absolute Gasteiger partial charge is 0.271 e. The first-order valence-electron chi connectivity index (χ1n) is 6.33. The highest BCUT2D eigenvalue weighted by atomic mass is 35.5. The first-order valence-corrected chi connectivity index (χ1v) is 6.71. The van der Waals surface area contributed by atoms with E-state index in [9.17, 15) is 13.2 Å². The average Bonchev–Trinajstić information content (AvgIpc) is 2.44. The van der Waals surface area contributed by atoms with Gasteiger partial charge in [0.05, 0.1) is 0 Å².